The van der Waals surface area contributed by atoms with Crippen molar-refractivity contribution in [3.8, 4) is 5.69 Å². The van der Waals surface area contributed by atoms with Gasteiger partial charge in [-0.2, -0.15) is 5.10 Å². The number of benzene rings is 1. The van der Waals surface area contributed by atoms with Crippen LogP contribution in [0.15, 0.2) is 35.1 Å². The summed E-state index contributed by atoms with van der Waals surface area (Å²) in [6.45, 7) is 0. The standard InChI is InChI=1S/C13H7BrClN3O2/c14-8-5-10-7(4-9(8)15)13(18-3-1-2-16-18)12(17-10)11(20)6-19/h1-6,17H. The number of ketones is 1. The summed E-state index contributed by atoms with van der Waals surface area (Å²) < 4.78 is 2.23. The number of halogens is 2. The Bertz CT molecular complexity index is 824. The zero-order valence-corrected chi connectivity index (χ0v) is 12.3. The van der Waals surface area contributed by atoms with Gasteiger partial charge in [-0.1, -0.05) is 11.6 Å². The molecule has 0 radical (unpaired) electrons. The van der Waals surface area contributed by atoms with Crippen molar-refractivity contribution < 1.29 is 9.59 Å². The van der Waals surface area contributed by atoms with Gasteiger partial charge in [0.25, 0.3) is 0 Å². The van der Waals surface area contributed by atoms with Gasteiger partial charge in [0, 0.05) is 27.8 Å². The summed E-state index contributed by atoms with van der Waals surface area (Å²) in [5, 5.41) is 5.34. The van der Waals surface area contributed by atoms with E-state index in [0.717, 1.165) is 0 Å². The maximum atomic E-state index is 11.8. The first-order valence-corrected chi connectivity index (χ1v) is 6.79. The van der Waals surface area contributed by atoms with Gasteiger partial charge in [-0.25, -0.2) is 4.68 Å². The van der Waals surface area contributed by atoms with Crippen LogP contribution in [-0.4, -0.2) is 26.8 Å². The van der Waals surface area contributed by atoms with E-state index in [1.165, 1.54) is 4.68 Å². The topological polar surface area (TPSA) is 67.8 Å². The lowest BCUT2D eigenvalue weighted by atomic mass is 10.2. The Balaban J connectivity index is 2.41. The Kier molecular flexibility index (Phi) is 3.19. The predicted molar refractivity (Wildman–Crippen MR) is 78.5 cm³/mol. The number of aromatic amines is 1. The van der Waals surface area contributed by atoms with Crippen LogP contribution in [0, 0.1) is 0 Å². The molecule has 0 fully saturated rings. The molecule has 7 heteroatoms. The van der Waals surface area contributed by atoms with Crippen LogP contribution in [0.5, 0.6) is 0 Å². The highest BCUT2D eigenvalue weighted by molar-refractivity contribution is 9.10. The second kappa shape index (κ2) is 4.88. The average Bonchev–Trinajstić information content (AvgIpc) is 3.05. The number of aromatic nitrogens is 3. The zero-order chi connectivity index (χ0) is 14.3. The van der Waals surface area contributed by atoms with Gasteiger partial charge in [-0.15, -0.1) is 0 Å². The highest BCUT2D eigenvalue weighted by Gasteiger charge is 2.20. The van der Waals surface area contributed by atoms with E-state index in [9.17, 15) is 9.59 Å². The number of carbonyl (C=O) groups is 2. The smallest absolute Gasteiger partial charge is 0.243 e. The first-order valence-electron chi connectivity index (χ1n) is 5.62. The molecule has 1 N–H and O–H groups in total. The van der Waals surface area contributed by atoms with Crippen LogP contribution in [0.4, 0.5) is 0 Å². The fourth-order valence-corrected chi connectivity index (χ4v) is 2.56. The number of carbonyl (C=O) groups excluding carboxylic acids is 2. The van der Waals surface area contributed by atoms with Gasteiger partial charge in [0.15, 0.2) is 6.29 Å². The number of hydrogen-bond acceptors (Lipinski definition) is 3. The van der Waals surface area contributed by atoms with E-state index in [4.69, 9.17) is 11.6 Å². The number of Topliss-reactive ketones (excluding diaryl/α,β-unsaturated/α-hetero) is 1. The first kappa shape index (κ1) is 13.1. The lowest BCUT2D eigenvalue weighted by molar-refractivity contribution is -0.104. The molecule has 0 spiro atoms. The molecule has 5 nitrogen and oxygen atoms in total. The number of rotatable bonds is 3. The van der Waals surface area contributed by atoms with Crippen LogP contribution < -0.4 is 0 Å². The maximum Gasteiger partial charge on any atom is 0.243 e. The second-order valence-corrected chi connectivity index (χ2v) is 5.35. The molecule has 1 aromatic carbocycles. The van der Waals surface area contributed by atoms with Crippen LogP contribution in [0.1, 0.15) is 10.5 Å². The molecule has 0 saturated heterocycles. The summed E-state index contributed by atoms with van der Waals surface area (Å²) >= 11 is 9.42. The van der Waals surface area contributed by atoms with Crippen LogP contribution >= 0.6 is 27.5 Å². The van der Waals surface area contributed by atoms with Gasteiger partial charge in [0.2, 0.25) is 5.78 Å². The third-order valence-corrected chi connectivity index (χ3v) is 4.10. The Hall–Kier alpha value is -1.92. The number of nitrogens with one attached hydrogen (secondary N) is 1. The van der Waals surface area contributed by atoms with Gasteiger partial charge in [-0.3, -0.25) is 9.59 Å². The average molecular weight is 353 g/mol. The number of aldehydes is 1. The number of H-pyrrole nitrogens is 1. The fourth-order valence-electron chi connectivity index (χ4n) is 2.05. The highest BCUT2D eigenvalue weighted by Crippen LogP contribution is 2.33. The van der Waals surface area contributed by atoms with Crippen LogP contribution in [0.3, 0.4) is 0 Å². The van der Waals surface area contributed by atoms with Crippen molar-refractivity contribution in [2.24, 2.45) is 0 Å². The van der Waals surface area contributed by atoms with Gasteiger partial charge < -0.3 is 4.98 Å². The van der Waals surface area contributed by atoms with E-state index in [0.29, 0.717) is 26.1 Å². The molecule has 20 heavy (non-hydrogen) atoms. The predicted octanol–water partition coefficient (Wildman–Crippen LogP) is 3.15. The Labute approximate surface area is 126 Å². The van der Waals surface area contributed by atoms with Crippen molar-refractivity contribution in [3.63, 3.8) is 0 Å². The van der Waals surface area contributed by atoms with Crippen molar-refractivity contribution in [2.45, 2.75) is 0 Å². The van der Waals surface area contributed by atoms with E-state index in [1.54, 1.807) is 30.6 Å². The molecule has 2 heterocycles. The molecule has 0 bridgehead atoms. The molecule has 100 valence electrons. The summed E-state index contributed by atoms with van der Waals surface area (Å²) in [6.07, 6.45) is 3.56. The summed E-state index contributed by atoms with van der Waals surface area (Å²) in [4.78, 5) is 25.5. The van der Waals surface area contributed by atoms with Crippen molar-refractivity contribution in [3.05, 3.63) is 45.8 Å². The minimum atomic E-state index is -0.640. The molecular formula is C13H7BrClN3O2. The van der Waals surface area contributed by atoms with E-state index in [2.05, 4.69) is 26.0 Å². The van der Waals surface area contributed by atoms with Crippen molar-refractivity contribution >= 4 is 50.5 Å². The molecule has 0 unspecified atom stereocenters. The van der Waals surface area contributed by atoms with Crippen molar-refractivity contribution in [1.82, 2.24) is 14.8 Å². The molecule has 2 aromatic heterocycles. The Morgan fingerprint density at radius 1 is 1.45 bits per heavy atom. The maximum absolute atomic E-state index is 11.8. The SMILES string of the molecule is O=CC(=O)c1[nH]c2cc(Br)c(Cl)cc2c1-n1cccn1. The third-order valence-electron chi connectivity index (χ3n) is 2.90. The number of nitrogens with zero attached hydrogens (tertiary/aromatic N) is 2. The van der Waals surface area contributed by atoms with E-state index in [-0.39, 0.29) is 12.0 Å². The molecule has 0 aliphatic rings. The molecule has 3 rings (SSSR count). The Morgan fingerprint density at radius 3 is 2.90 bits per heavy atom. The minimum absolute atomic E-state index is 0.188. The van der Waals surface area contributed by atoms with Gasteiger partial charge in [0.1, 0.15) is 11.4 Å². The highest BCUT2D eigenvalue weighted by atomic mass is 79.9. The molecular weight excluding hydrogens is 346 g/mol. The second-order valence-electron chi connectivity index (χ2n) is 4.09. The molecule has 0 atom stereocenters. The molecule has 0 aliphatic heterocycles. The van der Waals surface area contributed by atoms with Gasteiger partial charge >= 0.3 is 0 Å². The zero-order valence-electron chi connectivity index (χ0n) is 9.93. The van der Waals surface area contributed by atoms with E-state index < -0.39 is 5.78 Å². The lowest BCUT2D eigenvalue weighted by Crippen LogP contribution is -2.06. The quantitative estimate of drug-likeness (QED) is 0.447. The molecule has 3 aromatic rings. The minimum Gasteiger partial charge on any atom is -0.350 e. The monoisotopic (exact) mass is 351 g/mol. The van der Waals surface area contributed by atoms with Gasteiger partial charge in [-0.05, 0) is 34.1 Å². The summed E-state index contributed by atoms with van der Waals surface area (Å²) in [5.74, 6) is -0.640. The summed E-state index contributed by atoms with van der Waals surface area (Å²) in [5.41, 5.74) is 1.39. The van der Waals surface area contributed by atoms with Gasteiger partial charge in [0.05, 0.1) is 5.02 Å². The fraction of sp³-hybridized carbons (Fsp3) is 0. The van der Waals surface area contributed by atoms with Crippen LogP contribution in [0.25, 0.3) is 16.6 Å². The normalized spacial score (nSPS) is 10.9. The first-order chi connectivity index (χ1) is 9.61. The van der Waals surface area contributed by atoms with Crippen molar-refractivity contribution in [2.75, 3.05) is 0 Å². The molecule has 0 aliphatic carbocycles. The summed E-state index contributed by atoms with van der Waals surface area (Å²) in [7, 11) is 0. The number of fused-ring (bicyclic) bond motifs is 1. The van der Waals surface area contributed by atoms with Crippen LogP contribution in [0.2, 0.25) is 5.02 Å². The molecule has 0 amide bonds. The third kappa shape index (κ3) is 1.97. The Morgan fingerprint density at radius 2 is 2.25 bits per heavy atom. The summed E-state index contributed by atoms with van der Waals surface area (Å²) in [6, 6.07) is 5.21. The molecule has 0 saturated carbocycles. The van der Waals surface area contributed by atoms with E-state index >= 15 is 0 Å². The van der Waals surface area contributed by atoms with Crippen LogP contribution in [-0.2, 0) is 4.79 Å². The van der Waals surface area contributed by atoms with Crippen molar-refractivity contribution in [1.29, 1.82) is 0 Å². The largest absolute Gasteiger partial charge is 0.350 e. The van der Waals surface area contributed by atoms with E-state index in [1.807, 2.05) is 0 Å². The lowest BCUT2D eigenvalue weighted by Gasteiger charge is -2.02. The number of hydrogen-bond donors (Lipinski definition) is 1.